The number of para-hydroxylation sites is 1. The molecule has 0 aliphatic rings. The zero-order valence-electron chi connectivity index (χ0n) is 22.4. The molecule has 11 N–H and O–H groups in total. The molecule has 0 spiro atoms. The number of rotatable bonds is 16. The topological polar surface area (TPSA) is 253 Å². The number of hydrogen-bond acceptors (Lipinski definition) is 7. The maximum atomic E-state index is 13.5. The lowest BCUT2D eigenvalue weighted by Crippen LogP contribution is -2.58. The van der Waals surface area contributed by atoms with Crippen molar-refractivity contribution in [2.45, 2.75) is 70.1 Å². The Kier molecular flexibility index (Phi) is 11.6. The predicted molar refractivity (Wildman–Crippen MR) is 145 cm³/mol. The highest BCUT2D eigenvalue weighted by Gasteiger charge is 2.32. The number of carboxylic acids is 1. The van der Waals surface area contributed by atoms with Gasteiger partial charge in [0, 0.05) is 36.4 Å². The van der Waals surface area contributed by atoms with Gasteiger partial charge in [-0.05, 0) is 30.4 Å². The lowest BCUT2D eigenvalue weighted by molar-refractivity contribution is -0.143. The Morgan fingerprint density at radius 2 is 1.43 bits per heavy atom. The summed E-state index contributed by atoms with van der Waals surface area (Å²) in [6.07, 6.45) is 1.03. The Morgan fingerprint density at radius 3 is 2.02 bits per heavy atom. The summed E-state index contributed by atoms with van der Waals surface area (Å²) in [6.45, 7) is 3.20. The number of nitrogens with two attached hydrogens (primary N) is 3. The van der Waals surface area contributed by atoms with Crippen molar-refractivity contribution in [3.8, 4) is 0 Å². The monoisotopic (exact) mass is 559 g/mol. The van der Waals surface area contributed by atoms with Crippen LogP contribution in [0.25, 0.3) is 10.9 Å². The zero-order chi connectivity index (χ0) is 30.0. The number of nitrogens with one attached hydrogen (secondary N) is 4. The molecule has 1 aromatic heterocycles. The Morgan fingerprint density at radius 1 is 0.850 bits per heavy atom. The second-order valence-corrected chi connectivity index (χ2v) is 9.87. The molecule has 4 unspecified atom stereocenters. The van der Waals surface area contributed by atoms with Gasteiger partial charge in [0.1, 0.15) is 18.1 Å². The van der Waals surface area contributed by atoms with Gasteiger partial charge in [-0.1, -0.05) is 32.0 Å². The standard InChI is InChI=1S/C26H37N7O7/c1-13(2)22(26(39)40)33-24(37)18(8-10-21(29)35)31-25(38)19(32-23(36)16(27)7-9-20(28)34)11-14-12-30-17-6-4-3-5-15(14)17/h3-6,12-13,16,18-19,22,30H,7-11,27H2,1-2H3,(H2,28,34)(H2,29,35)(H,31,38)(H,32,36)(H,33,37)(H,39,40). The molecule has 4 atom stereocenters. The van der Waals surface area contributed by atoms with Crippen molar-refractivity contribution in [3.05, 3.63) is 36.0 Å². The fourth-order valence-corrected chi connectivity index (χ4v) is 4.03. The third kappa shape index (κ3) is 9.38. The Labute approximate surface area is 230 Å². The molecule has 0 saturated heterocycles. The SMILES string of the molecule is CC(C)C(NC(=O)C(CCC(N)=O)NC(=O)C(Cc1c[nH]c2ccccc12)NC(=O)C(N)CCC(N)=O)C(=O)O. The van der Waals surface area contributed by atoms with Gasteiger partial charge in [0.15, 0.2) is 0 Å². The lowest BCUT2D eigenvalue weighted by Gasteiger charge is -2.26. The van der Waals surface area contributed by atoms with Gasteiger partial charge in [0.2, 0.25) is 29.5 Å². The number of amides is 5. The summed E-state index contributed by atoms with van der Waals surface area (Å²) in [5.41, 5.74) is 17.7. The van der Waals surface area contributed by atoms with Crippen molar-refractivity contribution in [2.75, 3.05) is 0 Å². The molecule has 0 saturated carbocycles. The fourth-order valence-electron chi connectivity index (χ4n) is 4.03. The Bertz CT molecular complexity index is 1240. The van der Waals surface area contributed by atoms with Crippen molar-refractivity contribution in [1.82, 2.24) is 20.9 Å². The summed E-state index contributed by atoms with van der Waals surface area (Å²) in [6, 6.07) is 2.37. The van der Waals surface area contributed by atoms with Crippen molar-refractivity contribution >= 4 is 46.4 Å². The minimum absolute atomic E-state index is 0.00195. The average Bonchev–Trinajstić information content (AvgIpc) is 3.29. The van der Waals surface area contributed by atoms with Gasteiger partial charge >= 0.3 is 5.97 Å². The van der Waals surface area contributed by atoms with E-state index in [1.54, 1.807) is 20.0 Å². The first-order chi connectivity index (χ1) is 18.8. The van der Waals surface area contributed by atoms with Crippen molar-refractivity contribution in [3.63, 3.8) is 0 Å². The summed E-state index contributed by atoms with van der Waals surface area (Å²) < 4.78 is 0. The van der Waals surface area contributed by atoms with Crippen LogP contribution in [-0.2, 0) is 35.2 Å². The molecule has 0 radical (unpaired) electrons. The summed E-state index contributed by atoms with van der Waals surface area (Å²) in [5, 5.41) is 17.7. The van der Waals surface area contributed by atoms with E-state index in [0.29, 0.717) is 5.56 Å². The lowest BCUT2D eigenvalue weighted by atomic mass is 10.0. The van der Waals surface area contributed by atoms with E-state index >= 15 is 0 Å². The molecule has 0 bridgehead atoms. The molecule has 1 aromatic carbocycles. The van der Waals surface area contributed by atoms with Crippen LogP contribution in [0, 0.1) is 5.92 Å². The number of carboxylic acid groups (broad SMARTS) is 1. The van der Waals surface area contributed by atoms with Crippen LogP contribution in [-0.4, -0.2) is 69.8 Å². The number of carbonyl (C=O) groups is 6. The smallest absolute Gasteiger partial charge is 0.326 e. The summed E-state index contributed by atoms with van der Waals surface area (Å²) >= 11 is 0. The number of aliphatic carboxylic acids is 1. The molecule has 0 fully saturated rings. The van der Waals surface area contributed by atoms with Gasteiger partial charge in [-0.15, -0.1) is 0 Å². The Hall–Kier alpha value is -4.46. The maximum absolute atomic E-state index is 13.5. The van der Waals surface area contributed by atoms with Crippen LogP contribution >= 0.6 is 0 Å². The summed E-state index contributed by atoms with van der Waals surface area (Å²) in [7, 11) is 0. The van der Waals surface area contributed by atoms with E-state index in [2.05, 4.69) is 20.9 Å². The van der Waals surface area contributed by atoms with Crippen LogP contribution in [0.2, 0.25) is 0 Å². The molecular formula is C26H37N7O7. The van der Waals surface area contributed by atoms with Crippen LogP contribution in [0.3, 0.4) is 0 Å². The highest BCUT2D eigenvalue weighted by Crippen LogP contribution is 2.19. The molecule has 14 heteroatoms. The van der Waals surface area contributed by atoms with Crippen LogP contribution in [0.5, 0.6) is 0 Å². The first-order valence-electron chi connectivity index (χ1n) is 12.8. The summed E-state index contributed by atoms with van der Waals surface area (Å²) in [5.74, 6) is -5.42. The molecule has 14 nitrogen and oxygen atoms in total. The molecule has 5 amide bonds. The van der Waals surface area contributed by atoms with Gasteiger partial charge in [-0.25, -0.2) is 4.79 Å². The van der Waals surface area contributed by atoms with E-state index < -0.39 is 65.6 Å². The minimum atomic E-state index is -1.33. The van der Waals surface area contributed by atoms with Crippen molar-refractivity contribution < 1.29 is 33.9 Å². The number of carbonyl (C=O) groups excluding carboxylic acids is 5. The summed E-state index contributed by atoms with van der Waals surface area (Å²) in [4.78, 5) is 76.5. The number of aromatic amines is 1. The number of fused-ring (bicyclic) bond motifs is 1. The van der Waals surface area contributed by atoms with Crippen molar-refractivity contribution in [1.29, 1.82) is 0 Å². The van der Waals surface area contributed by atoms with Gasteiger partial charge < -0.3 is 43.2 Å². The molecule has 218 valence electrons. The quantitative estimate of drug-likeness (QED) is 0.123. The van der Waals surface area contributed by atoms with Crippen LogP contribution in [0.15, 0.2) is 30.5 Å². The zero-order valence-corrected chi connectivity index (χ0v) is 22.4. The van der Waals surface area contributed by atoms with E-state index in [4.69, 9.17) is 17.2 Å². The average molecular weight is 560 g/mol. The highest BCUT2D eigenvalue weighted by atomic mass is 16.4. The van der Waals surface area contributed by atoms with Gasteiger partial charge in [-0.2, -0.15) is 0 Å². The van der Waals surface area contributed by atoms with Crippen molar-refractivity contribution in [2.24, 2.45) is 23.1 Å². The van der Waals surface area contributed by atoms with Gasteiger partial charge in [0.25, 0.3) is 0 Å². The third-order valence-electron chi connectivity index (χ3n) is 6.31. The second kappa shape index (κ2) is 14.6. The van der Waals surface area contributed by atoms with Crippen LogP contribution in [0.4, 0.5) is 0 Å². The molecule has 1 heterocycles. The molecular weight excluding hydrogens is 522 g/mol. The predicted octanol–water partition coefficient (Wildman–Crippen LogP) is -1.24. The molecule has 2 aromatic rings. The molecule has 2 rings (SSSR count). The molecule has 40 heavy (non-hydrogen) atoms. The van der Waals surface area contributed by atoms with E-state index in [-0.39, 0.29) is 32.1 Å². The van der Waals surface area contributed by atoms with E-state index in [0.717, 1.165) is 10.9 Å². The van der Waals surface area contributed by atoms with Crippen LogP contribution in [0.1, 0.15) is 45.1 Å². The third-order valence-corrected chi connectivity index (χ3v) is 6.31. The maximum Gasteiger partial charge on any atom is 0.326 e. The number of H-pyrrole nitrogens is 1. The molecule has 0 aliphatic heterocycles. The van der Waals surface area contributed by atoms with E-state index in [9.17, 15) is 33.9 Å². The largest absolute Gasteiger partial charge is 0.480 e. The highest BCUT2D eigenvalue weighted by molar-refractivity contribution is 5.95. The van der Waals surface area contributed by atoms with Gasteiger partial charge in [-0.3, -0.25) is 24.0 Å². The number of aromatic nitrogens is 1. The second-order valence-electron chi connectivity index (χ2n) is 9.87. The number of benzene rings is 1. The Balaban J connectivity index is 2.32. The van der Waals surface area contributed by atoms with E-state index in [1.807, 2.05) is 24.3 Å². The first-order valence-corrected chi connectivity index (χ1v) is 12.8. The molecule has 0 aliphatic carbocycles. The minimum Gasteiger partial charge on any atom is -0.480 e. The van der Waals surface area contributed by atoms with E-state index in [1.165, 1.54) is 0 Å². The number of hydrogen-bond donors (Lipinski definition) is 8. The van der Waals surface area contributed by atoms with Gasteiger partial charge in [0.05, 0.1) is 6.04 Å². The first kappa shape index (κ1) is 31.8. The van der Waals surface area contributed by atoms with Crippen LogP contribution < -0.4 is 33.2 Å². The number of primary amides is 2. The fraction of sp³-hybridized carbons (Fsp3) is 0.462. The normalized spacial score (nSPS) is 14.1.